The van der Waals surface area contributed by atoms with Gasteiger partial charge in [-0.2, -0.15) is 5.26 Å². The number of carbonyl (C=O) groups is 1. The van der Waals surface area contributed by atoms with Gasteiger partial charge in [0, 0.05) is 5.69 Å². The molecule has 0 atom stereocenters. The van der Waals surface area contributed by atoms with Crippen molar-refractivity contribution in [3.63, 3.8) is 0 Å². The Hall–Kier alpha value is -2.71. The molecule has 0 fully saturated rings. The van der Waals surface area contributed by atoms with Crippen LogP contribution >= 0.6 is 11.6 Å². The number of nitrogen functional groups attached to an aromatic ring is 1. The fraction of sp³-hybridized carbons (Fsp3) is 0. The number of nitriles is 1. The molecule has 0 aliphatic rings. The number of hydrogen-bond acceptors (Lipinski definition) is 4. The van der Waals surface area contributed by atoms with Gasteiger partial charge in [-0.15, -0.1) is 0 Å². The second-order valence-electron chi connectivity index (χ2n) is 3.95. The van der Waals surface area contributed by atoms with E-state index in [1.807, 2.05) is 6.07 Å². The van der Waals surface area contributed by atoms with Crippen LogP contribution in [0.15, 0.2) is 36.4 Å². The van der Waals surface area contributed by atoms with Crippen molar-refractivity contribution in [3.8, 4) is 17.6 Å². The maximum atomic E-state index is 11.4. The molecule has 5 nitrogen and oxygen atoms in total. The molecule has 0 unspecified atom stereocenters. The van der Waals surface area contributed by atoms with E-state index in [2.05, 4.69) is 0 Å². The smallest absolute Gasteiger partial charge is 0.252 e. The molecule has 0 aliphatic heterocycles. The Morgan fingerprint density at radius 1 is 1.30 bits per heavy atom. The molecule has 0 aliphatic carbocycles. The van der Waals surface area contributed by atoms with E-state index in [0.29, 0.717) is 11.3 Å². The average molecular weight is 288 g/mol. The van der Waals surface area contributed by atoms with Crippen LogP contribution in [0.3, 0.4) is 0 Å². The van der Waals surface area contributed by atoms with Gasteiger partial charge in [0.05, 0.1) is 16.1 Å². The summed E-state index contributed by atoms with van der Waals surface area (Å²) in [5, 5.41) is 9.16. The molecule has 0 aromatic heterocycles. The zero-order valence-electron chi connectivity index (χ0n) is 10.3. The van der Waals surface area contributed by atoms with Gasteiger partial charge in [-0.25, -0.2) is 0 Å². The molecule has 4 N–H and O–H groups in total. The number of halogens is 1. The van der Waals surface area contributed by atoms with Crippen molar-refractivity contribution in [1.82, 2.24) is 0 Å². The predicted octanol–water partition coefficient (Wildman–Crippen LogP) is 2.69. The highest BCUT2D eigenvalue weighted by Gasteiger charge is 2.17. The highest BCUT2D eigenvalue weighted by Crippen LogP contribution is 2.35. The second kappa shape index (κ2) is 5.51. The molecule has 20 heavy (non-hydrogen) atoms. The Morgan fingerprint density at radius 3 is 2.65 bits per heavy atom. The summed E-state index contributed by atoms with van der Waals surface area (Å²) in [6.07, 6.45) is 0. The number of anilines is 1. The first-order valence-electron chi connectivity index (χ1n) is 5.58. The predicted molar refractivity (Wildman–Crippen MR) is 75.6 cm³/mol. The molecule has 0 saturated carbocycles. The molecular formula is C14H10ClN3O2. The first kappa shape index (κ1) is 13.7. The second-order valence-corrected chi connectivity index (χ2v) is 4.36. The molecule has 1 amide bonds. The van der Waals surface area contributed by atoms with E-state index in [-0.39, 0.29) is 22.1 Å². The standard InChI is InChI=1S/C14H10ClN3O2/c15-11-6-9(17)5-10(14(18)19)13(11)20-12-4-2-1-3-8(12)7-16/h1-6H,17H2,(H2,18,19). The van der Waals surface area contributed by atoms with Crippen molar-refractivity contribution < 1.29 is 9.53 Å². The van der Waals surface area contributed by atoms with Crippen molar-refractivity contribution in [2.75, 3.05) is 5.73 Å². The summed E-state index contributed by atoms with van der Waals surface area (Å²) in [4.78, 5) is 11.4. The summed E-state index contributed by atoms with van der Waals surface area (Å²) in [6.45, 7) is 0. The normalized spacial score (nSPS) is 9.80. The zero-order chi connectivity index (χ0) is 14.7. The van der Waals surface area contributed by atoms with Crippen LogP contribution in [0, 0.1) is 11.3 Å². The maximum Gasteiger partial charge on any atom is 0.252 e. The average Bonchev–Trinajstić information content (AvgIpc) is 2.41. The van der Waals surface area contributed by atoms with Crippen LogP contribution in [0.25, 0.3) is 0 Å². The Balaban J connectivity index is 2.54. The van der Waals surface area contributed by atoms with E-state index in [4.69, 9.17) is 33.1 Å². The molecule has 0 radical (unpaired) electrons. The Bertz CT molecular complexity index is 723. The number of nitrogens with two attached hydrogens (primary N) is 2. The van der Waals surface area contributed by atoms with E-state index in [1.165, 1.54) is 12.1 Å². The van der Waals surface area contributed by atoms with Crippen molar-refractivity contribution >= 4 is 23.2 Å². The van der Waals surface area contributed by atoms with Crippen LogP contribution in [-0.2, 0) is 0 Å². The van der Waals surface area contributed by atoms with Crippen molar-refractivity contribution in [2.24, 2.45) is 5.73 Å². The number of ether oxygens (including phenoxy) is 1. The van der Waals surface area contributed by atoms with Gasteiger partial charge in [-0.1, -0.05) is 23.7 Å². The van der Waals surface area contributed by atoms with Gasteiger partial charge >= 0.3 is 0 Å². The van der Waals surface area contributed by atoms with Crippen LogP contribution in [0.5, 0.6) is 11.5 Å². The number of nitrogens with zero attached hydrogens (tertiary/aromatic N) is 1. The largest absolute Gasteiger partial charge is 0.454 e. The number of para-hydroxylation sites is 1. The fourth-order valence-corrected chi connectivity index (χ4v) is 1.93. The topological polar surface area (TPSA) is 102 Å². The third kappa shape index (κ3) is 2.66. The quantitative estimate of drug-likeness (QED) is 0.847. The molecule has 2 rings (SSSR count). The van der Waals surface area contributed by atoms with Crippen LogP contribution in [0.2, 0.25) is 5.02 Å². The number of primary amides is 1. The molecule has 0 heterocycles. The highest BCUT2D eigenvalue weighted by atomic mass is 35.5. The van der Waals surface area contributed by atoms with Crippen molar-refractivity contribution in [3.05, 3.63) is 52.5 Å². The van der Waals surface area contributed by atoms with Gasteiger partial charge in [0.2, 0.25) is 0 Å². The summed E-state index contributed by atoms with van der Waals surface area (Å²) < 4.78 is 5.57. The molecule has 0 saturated heterocycles. The molecule has 0 spiro atoms. The fourth-order valence-electron chi connectivity index (χ4n) is 1.66. The van der Waals surface area contributed by atoms with Gasteiger partial charge in [-0.05, 0) is 24.3 Å². The van der Waals surface area contributed by atoms with E-state index < -0.39 is 5.91 Å². The highest BCUT2D eigenvalue weighted by molar-refractivity contribution is 6.33. The lowest BCUT2D eigenvalue weighted by Crippen LogP contribution is -2.13. The van der Waals surface area contributed by atoms with Crippen LogP contribution in [0.1, 0.15) is 15.9 Å². The number of benzene rings is 2. The molecule has 0 bridgehead atoms. The summed E-state index contributed by atoms with van der Waals surface area (Å²) in [6, 6.07) is 11.4. The minimum absolute atomic E-state index is 0.0581. The SMILES string of the molecule is N#Cc1ccccc1Oc1c(Cl)cc(N)cc1C(N)=O. The summed E-state index contributed by atoms with van der Waals surface area (Å²) >= 11 is 6.03. The van der Waals surface area contributed by atoms with Gasteiger partial charge in [-0.3, -0.25) is 4.79 Å². The minimum atomic E-state index is -0.719. The lowest BCUT2D eigenvalue weighted by molar-refractivity contribution is 0.0998. The first-order chi connectivity index (χ1) is 9.52. The Kier molecular flexibility index (Phi) is 3.78. The molecule has 2 aromatic rings. The van der Waals surface area contributed by atoms with E-state index in [9.17, 15) is 4.79 Å². The van der Waals surface area contributed by atoms with Crippen molar-refractivity contribution in [1.29, 1.82) is 5.26 Å². The monoisotopic (exact) mass is 287 g/mol. The van der Waals surface area contributed by atoms with E-state index >= 15 is 0 Å². The summed E-state index contributed by atoms with van der Waals surface area (Å²) in [5.41, 5.74) is 11.6. The molecule has 2 aromatic carbocycles. The minimum Gasteiger partial charge on any atom is -0.454 e. The third-order valence-corrected chi connectivity index (χ3v) is 2.83. The van der Waals surface area contributed by atoms with Crippen molar-refractivity contribution in [2.45, 2.75) is 0 Å². The van der Waals surface area contributed by atoms with Gasteiger partial charge in [0.1, 0.15) is 11.8 Å². The number of rotatable bonds is 3. The zero-order valence-corrected chi connectivity index (χ0v) is 11.0. The number of amides is 1. The van der Waals surface area contributed by atoms with Gasteiger partial charge < -0.3 is 16.2 Å². The van der Waals surface area contributed by atoms with Crippen LogP contribution in [-0.4, -0.2) is 5.91 Å². The van der Waals surface area contributed by atoms with Crippen LogP contribution < -0.4 is 16.2 Å². The van der Waals surface area contributed by atoms with E-state index in [1.54, 1.807) is 24.3 Å². The number of carbonyl (C=O) groups excluding carboxylic acids is 1. The summed E-state index contributed by atoms with van der Waals surface area (Å²) in [5.74, 6) is -0.358. The lowest BCUT2D eigenvalue weighted by Gasteiger charge is -2.12. The summed E-state index contributed by atoms with van der Waals surface area (Å²) in [7, 11) is 0. The van der Waals surface area contributed by atoms with Gasteiger partial charge in [0.25, 0.3) is 5.91 Å². The van der Waals surface area contributed by atoms with Gasteiger partial charge in [0.15, 0.2) is 5.75 Å². The third-order valence-electron chi connectivity index (χ3n) is 2.55. The molecule has 100 valence electrons. The first-order valence-corrected chi connectivity index (χ1v) is 5.96. The van der Waals surface area contributed by atoms with E-state index in [0.717, 1.165) is 0 Å². The Morgan fingerprint density at radius 2 is 2.00 bits per heavy atom. The molecular weight excluding hydrogens is 278 g/mol. The van der Waals surface area contributed by atoms with Crippen LogP contribution in [0.4, 0.5) is 5.69 Å². The Labute approximate surface area is 120 Å². The number of hydrogen-bond donors (Lipinski definition) is 2. The lowest BCUT2D eigenvalue weighted by atomic mass is 10.1. The molecule has 6 heteroatoms. The maximum absolute atomic E-state index is 11.4.